The summed E-state index contributed by atoms with van der Waals surface area (Å²) in [5.74, 6) is -0.638. The normalized spacial score (nSPS) is 28.6. The Balaban J connectivity index is 1.51. The predicted molar refractivity (Wildman–Crippen MR) is 78.5 cm³/mol. The molecule has 22 heavy (non-hydrogen) atoms. The molecule has 4 nitrogen and oxygen atoms in total. The van der Waals surface area contributed by atoms with E-state index in [1.807, 2.05) is 12.1 Å². The van der Waals surface area contributed by atoms with Crippen molar-refractivity contribution in [2.24, 2.45) is 5.41 Å². The molecule has 5 heteroatoms. The second kappa shape index (κ2) is 5.23. The fourth-order valence-corrected chi connectivity index (χ4v) is 3.70. The lowest BCUT2D eigenvalue weighted by molar-refractivity contribution is -0.175. The smallest absolute Gasteiger partial charge is 0.330 e. The first-order chi connectivity index (χ1) is 10.5. The number of benzene rings is 1. The number of ether oxygens (including phenoxy) is 1. The number of nitrogens with one attached hydrogen (secondary N) is 1. The SMILES string of the molecule is COC(=O)/C=C/CNC(=O)C12CC(c3ccc(F)cc3)(C1)C2. The number of rotatable bonds is 5. The molecule has 0 aromatic heterocycles. The number of methoxy groups -OCH3 is 1. The van der Waals surface area contributed by atoms with Gasteiger partial charge in [0.1, 0.15) is 5.82 Å². The highest BCUT2D eigenvalue weighted by atomic mass is 19.1. The van der Waals surface area contributed by atoms with Gasteiger partial charge in [-0.25, -0.2) is 9.18 Å². The van der Waals surface area contributed by atoms with E-state index >= 15 is 0 Å². The summed E-state index contributed by atoms with van der Waals surface area (Å²) in [5, 5.41) is 2.83. The summed E-state index contributed by atoms with van der Waals surface area (Å²) in [4.78, 5) is 23.1. The van der Waals surface area contributed by atoms with Crippen LogP contribution in [0.25, 0.3) is 0 Å². The van der Waals surface area contributed by atoms with Crippen LogP contribution in [0.4, 0.5) is 4.39 Å². The van der Waals surface area contributed by atoms with Crippen LogP contribution in [0.5, 0.6) is 0 Å². The van der Waals surface area contributed by atoms with Gasteiger partial charge in [0.15, 0.2) is 0 Å². The molecule has 0 spiro atoms. The summed E-state index contributed by atoms with van der Waals surface area (Å²) in [6, 6.07) is 6.57. The van der Waals surface area contributed by atoms with Crippen LogP contribution < -0.4 is 5.32 Å². The van der Waals surface area contributed by atoms with Crippen molar-refractivity contribution in [3.05, 3.63) is 47.8 Å². The maximum Gasteiger partial charge on any atom is 0.330 e. The van der Waals surface area contributed by atoms with Crippen molar-refractivity contribution in [1.29, 1.82) is 0 Å². The molecule has 0 heterocycles. The van der Waals surface area contributed by atoms with Crippen LogP contribution in [0, 0.1) is 11.2 Å². The number of hydrogen-bond donors (Lipinski definition) is 1. The average Bonchev–Trinajstić information content (AvgIpc) is 2.42. The van der Waals surface area contributed by atoms with E-state index < -0.39 is 5.97 Å². The van der Waals surface area contributed by atoms with Crippen molar-refractivity contribution in [3.63, 3.8) is 0 Å². The van der Waals surface area contributed by atoms with Crippen molar-refractivity contribution in [2.45, 2.75) is 24.7 Å². The fraction of sp³-hybridized carbons (Fsp3) is 0.412. The monoisotopic (exact) mass is 303 g/mol. The van der Waals surface area contributed by atoms with Gasteiger partial charge in [-0.05, 0) is 42.4 Å². The summed E-state index contributed by atoms with van der Waals surface area (Å²) >= 11 is 0. The third-order valence-corrected chi connectivity index (χ3v) is 4.80. The molecular weight excluding hydrogens is 285 g/mol. The van der Waals surface area contributed by atoms with E-state index in [0.29, 0.717) is 6.54 Å². The number of halogens is 1. The quantitative estimate of drug-likeness (QED) is 0.669. The Hall–Kier alpha value is -2.17. The molecular formula is C17H18FNO3. The van der Waals surface area contributed by atoms with Crippen molar-refractivity contribution < 1.29 is 18.7 Å². The van der Waals surface area contributed by atoms with E-state index in [2.05, 4.69) is 10.1 Å². The number of amides is 1. The molecule has 2 bridgehead atoms. The fourth-order valence-electron chi connectivity index (χ4n) is 3.70. The van der Waals surface area contributed by atoms with Crippen LogP contribution in [-0.4, -0.2) is 25.5 Å². The largest absolute Gasteiger partial charge is 0.466 e. The zero-order valence-electron chi connectivity index (χ0n) is 12.4. The molecule has 0 radical (unpaired) electrons. The minimum atomic E-state index is -0.435. The highest BCUT2D eigenvalue weighted by Crippen LogP contribution is 2.73. The summed E-state index contributed by atoms with van der Waals surface area (Å²) in [6.45, 7) is 0.319. The summed E-state index contributed by atoms with van der Waals surface area (Å²) < 4.78 is 17.4. The summed E-state index contributed by atoms with van der Waals surface area (Å²) in [7, 11) is 1.31. The first kappa shape index (κ1) is 14.8. The number of carbonyl (C=O) groups is 2. The van der Waals surface area contributed by atoms with E-state index in [9.17, 15) is 14.0 Å². The molecule has 1 aromatic rings. The molecule has 3 fully saturated rings. The van der Waals surface area contributed by atoms with Gasteiger partial charge in [0.2, 0.25) is 5.91 Å². The lowest BCUT2D eigenvalue weighted by Crippen LogP contribution is -2.70. The van der Waals surface area contributed by atoms with Crippen LogP contribution in [0.2, 0.25) is 0 Å². The summed E-state index contributed by atoms with van der Waals surface area (Å²) in [6.07, 6.45) is 5.32. The molecule has 3 aliphatic carbocycles. The topological polar surface area (TPSA) is 55.4 Å². The molecule has 0 aliphatic heterocycles. The first-order valence-corrected chi connectivity index (χ1v) is 7.29. The molecule has 0 saturated heterocycles. The maximum atomic E-state index is 13.0. The van der Waals surface area contributed by atoms with Gasteiger partial charge in [-0.2, -0.15) is 0 Å². The Morgan fingerprint density at radius 2 is 1.91 bits per heavy atom. The van der Waals surface area contributed by atoms with Gasteiger partial charge < -0.3 is 10.1 Å². The van der Waals surface area contributed by atoms with E-state index in [1.54, 1.807) is 6.08 Å². The molecule has 4 rings (SSSR count). The highest BCUT2D eigenvalue weighted by Gasteiger charge is 2.71. The molecule has 0 unspecified atom stereocenters. The van der Waals surface area contributed by atoms with E-state index in [-0.39, 0.29) is 22.6 Å². The minimum Gasteiger partial charge on any atom is -0.466 e. The Bertz CT molecular complexity index is 616. The lowest BCUT2D eigenvalue weighted by atomic mass is 9.33. The molecule has 1 aromatic carbocycles. The zero-order chi connectivity index (χ0) is 15.8. The van der Waals surface area contributed by atoms with Crippen LogP contribution in [-0.2, 0) is 19.7 Å². The third-order valence-electron chi connectivity index (χ3n) is 4.80. The number of carbonyl (C=O) groups excluding carboxylic acids is 2. The second-order valence-corrected chi connectivity index (χ2v) is 6.23. The van der Waals surface area contributed by atoms with Crippen LogP contribution >= 0.6 is 0 Å². The third kappa shape index (κ3) is 2.30. The number of hydrogen-bond acceptors (Lipinski definition) is 3. The van der Waals surface area contributed by atoms with Gasteiger partial charge in [0, 0.05) is 12.6 Å². The predicted octanol–water partition coefficient (Wildman–Crippen LogP) is 2.09. The molecule has 3 aliphatic rings. The van der Waals surface area contributed by atoms with Crippen molar-refractivity contribution in [3.8, 4) is 0 Å². The van der Waals surface area contributed by atoms with E-state index in [4.69, 9.17) is 0 Å². The Morgan fingerprint density at radius 3 is 2.50 bits per heavy atom. The van der Waals surface area contributed by atoms with Crippen molar-refractivity contribution in [1.82, 2.24) is 5.32 Å². The first-order valence-electron chi connectivity index (χ1n) is 7.29. The molecule has 3 saturated carbocycles. The van der Waals surface area contributed by atoms with E-state index in [1.165, 1.54) is 25.3 Å². The average molecular weight is 303 g/mol. The summed E-state index contributed by atoms with van der Waals surface area (Å²) in [5.41, 5.74) is 0.912. The van der Waals surface area contributed by atoms with Gasteiger partial charge in [-0.1, -0.05) is 18.2 Å². The van der Waals surface area contributed by atoms with Gasteiger partial charge in [0.05, 0.1) is 12.5 Å². The Morgan fingerprint density at radius 1 is 1.27 bits per heavy atom. The Kier molecular flexibility index (Phi) is 3.51. The standard InChI is InChI=1S/C17H18FNO3/c1-22-14(20)3-2-8-19-15(21)17-9-16(10-17,11-17)12-4-6-13(18)7-5-12/h2-7H,8-11H2,1H3,(H,19,21)/b3-2+. The maximum absolute atomic E-state index is 13.0. The molecule has 116 valence electrons. The van der Waals surface area contributed by atoms with Gasteiger partial charge in [0.25, 0.3) is 0 Å². The molecule has 1 amide bonds. The molecule has 0 atom stereocenters. The van der Waals surface area contributed by atoms with Crippen LogP contribution in [0.3, 0.4) is 0 Å². The van der Waals surface area contributed by atoms with Crippen LogP contribution in [0.1, 0.15) is 24.8 Å². The van der Waals surface area contributed by atoms with Crippen molar-refractivity contribution >= 4 is 11.9 Å². The van der Waals surface area contributed by atoms with Crippen LogP contribution in [0.15, 0.2) is 36.4 Å². The van der Waals surface area contributed by atoms with Gasteiger partial charge in [-0.15, -0.1) is 0 Å². The highest BCUT2D eigenvalue weighted by molar-refractivity contribution is 5.88. The van der Waals surface area contributed by atoms with Crippen molar-refractivity contribution in [2.75, 3.05) is 13.7 Å². The van der Waals surface area contributed by atoms with Gasteiger partial charge in [-0.3, -0.25) is 4.79 Å². The molecule has 1 N–H and O–H groups in total. The zero-order valence-corrected chi connectivity index (χ0v) is 12.4. The number of esters is 1. The minimum absolute atomic E-state index is 0.0333. The Labute approximate surface area is 128 Å². The lowest BCUT2D eigenvalue weighted by Gasteiger charge is -2.69. The second-order valence-electron chi connectivity index (χ2n) is 6.23. The van der Waals surface area contributed by atoms with Gasteiger partial charge >= 0.3 is 5.97 Å². The van der Waals surface area contributed by atoms with E-state index in [0.717, 1.165) is 24.8 Å².